The fourth-order valence-corrected chi connectivity index (χ4v) is 1.70. The molecule has 0 bridgehead atoms. The molecule has 123 valence electrons. The summed E-state index contributed by atoms with van der Waals surface area (Å²) < 4.78 is 0. The molecule has 1 rings (SSSR count). The first-order valence-electron chi connectivity index (χ1n) is 6.61. The first-order chi connectivity index (χ1) is 10.8. The predicted molar refractivity (Wildman–Crippen MR) is 83.9 cm³/mol. The summed E-state index contributed by atoms with van der Waals surface area (Å²) in [5, 5.41) is 23.0. The van der Waals surface area contributed by atoms with E-state index >= 15 is 0 Å². The summed E-state index contributed by atoms with van der Waals surface area (Å²) in [6.07, 6.45) is -0.307. The van der Waals surface area contributed by atoms with Crippen molar-refractivity contribution in [1.29, 1.82) is 5.41 Å². The molecule has 0 aliphatic carbocycles. The number of anilines is 1. The second kappa shape index (κ2) is 8.37. The van der Waals surface area contributed by atoms with E-state index in [0.29, 0.717) is 5.69 Å². The first kappa shape index (κ1) is 18.0. The molecule has 1 atom stereocenters. The van der Waals surface area contributed by atoms with E-state index in [0.717, 1.165) is 0 Å². The van der Waals surface area contributed by atoms with E-state index in [-0.39, 0.29) is 24.5 Å². The zero-order valence-electron chi connectivity index (χ0n) is 12.3. The van der Waals surface area contributed by atoms with Crippen LogP contribution in [0.25, 0.3) is 0 Å². The maximum absolute atomic E-state index is 11.9. The number of carbonyl (C=O) groups is 3. The third-order valence-electron chi connectivity index (χ3n) is 2.60. The lowest BCUT2D eigenvalue weighted by Gasteiger charge is -2.12. The van der Waals surface area contributed by atoms with Gasteiger partial charge in [0.1, 0.15) is 0 Å². The second-order valence-electron chi connectivity index (χ2n) is 4.66. The Hall–Kier alpha value is -3.10. The first-order valence-corrected chi connectivity index (χ1v) is 6.61. The normalized spacial score (nSPS) is 11.2. The molecular formula is C14H18N5O4. The van der Waals surface area contributed by atoms with Crippen LogP contribution in [-0.2, 0) is 9.59 Å². The van der Waals surface area contributed by atoms with Gasteiger partial charge in [-0.3, -0.25) is 19.8 Å². The summed E-state index contributed by atoms with van der Waals surface area (Å²) in [6, 6.07) is 5.46. The number of carboxylic acids is 1. The van der Waals surface area contributed by atoms with Gasteiger partial charge in [0, 0.05) is 17.3 Å². The quantitative estimate of drug-likeness (QED) is 0.294. The molecular weight excluding hydrogens is 302 g/mol. The molecule has 1 aromatic carbocycles. The third kappa shape index (κ3) is 6.93. The topological polar surface area (TPSA) is 157 Å². The molecule has 0 aliphatic heterocycles. The summed E-state index contributed by atoms with van der Waals surface area (Å²) in [5.41, 5.74) is 5.95. The third-order valence-corrected chi connectivity index (χ3v) is 2.60. The number of nitrogens with two attached hydrogens (primary N) is 1. The molecule has 0 saturated heterocycles. The van der Waals surface area contributed by atoms with Crippen LogP contribution in [0.3, 0.4) is 0 Å². The highest BCUT2D eigenvalue weighted by molar-refractivity contribution is 5.98. The Bertz CT molecular complexity index is 617. The molecule has 23 heavy (non-hydrogen) atoms. The molecule has 0 heterocycles. The van der Waals surface area contributed by atoms with Crippen molar-refractivity contribution < 1.29 is 19.5 Å². The van der Waals surface area contributed by atoms with Crippen molar-refractivity contribution in [2.45, 2.75) is 12.5 Å². The molecule has 1 aromatic rings. The van der Waals surface area contributed by atoms with E-state index in [4.69, 9.17) is 16.2 Å². The summed E-state index contributed by atoms with van der Waals surface area (Å²) in [4.78, 5) is 34.0. The van der Waals surface area contributed by atoms with Crippen LogP contribution < -0.4 is 21.7 Å². The average Bonchev–Trinajstić information content (AvgIpc) is 2.43. The van der Waals surface area contributed by atoms with Crippen molar-refractivity contribution in [3.63, 3.8) is 0 Å². The molecule has 2 amide bonds. The van der Waals surface area contributed by atoms with Gasteiger partial charge in [0.15, 0.2) is 5.96 Å². The van der Waals surface area contributed by atoms with Gasteiger partial charge in [0.25, 0.3) is 5.91 Å². The fraction of sp³-hybridized carbons (Fsp3) is 0.214. The van der Waals surface area contributed by atoms with E-state index in [1.165, 1.54) is 12.1 Å². The summed E-state index contributed by atoms with van der Waals surface area (Å²) in [5.74, 6) is -2.38. The number of guanidine groups is 1. The van der Waals surface area contributed by atoms with Gasteiger partial charge in [-0.15, -0.1) is 0 Å². The number of benzene rings is 1. The van der Waals surface area contributed by atoms with Gasteiger partial charge in [-0.05, 0) is 25.1 Å². The van der Waals surface area contributed by atoms with Crippen LogP contribution in [0.2, 0.25) is 0 Å². The molecule has 0 aromatic heterocycles. The summed E-state index contributed by atoms with van der Waals surface area (Å²) in [6.45, 7) is 3.17. The minimum atomic E-state index is -1.08. The Morgan fingerprint density at radius 1 is 1.35 bits per heavy atom. The van der Waals surface area contributed by atoms with Crippen molar-refractivity contribution in [3.8, 4) is 0 Å². The summed E-state index contributed by atoms with van der Waals surface area (Å²) >= 11 is 0. The monoisotopic (exact) mass is 320 g/mol. The highest BCUT2D eigenvalue weighted by Gasteiger charge is 2.13. The van der Waals surface area contributed by atoms with Crippen LogP contribution in [0.5, 0.6) is 0 Å². The molecule has 0 unspecified atom stereocenters. The Balaban J connectivity index is 2.51. The van der Waals surface area contributed by atoms with Crippen LogP contribution in [0.1, 0.15) is 16.8 Å². The average molecular weight is 320 g/mol. The number of nitrogens with one attached hydrogen (secondary N) is 4. The number of amides is 2. The van der Waals surface area contributed by atoms with E-state index in [9.17, 15) is 14.4 Å². The Morgan fingerprint density at radius 3 is 2.65 bits per heavy atom. The lowest BCUT2D eigenvalue weighted by molar-refractivity contribution is -0.137. The second-order valence-corrected chi connectivity index (χ2v) is 4.66. The molecule has 0 fully saturated rings. The van der Waals surface area contributed by atoms with E-state index in [2.05, 4.69) is 22.9 Å². The minimum Gasteiger partial charge on any atom is -0.481 e. The number of carboxylic acid groups (broad SMARTS) is 1. The SMILES string of the molecule is [CH2][C@@H](CC(=O)O)NC(=O)CNC(=O)c1cccc(NC(=N)N)c1. The van der Waals surface area contributed by atoms with Crippen LogP contribution in [0.4, 0.5) is 5.69 Å². The van der Waals surface area contributed by atoms with Gasteiger partial charge >= 0.3 is 5.97 Å². The van der Waals surface area contributed by atoms with E-state index < -0.39 is 23.8 Å². The highest BCUT2D eigenvalue weighted by Crippen LogP contribution is 2.10. The highest BCUT2D eigenvalue weighted by atomic mass is 16.4. The fourth-order valence-electron chi connectivity index (χ4n) is 1.70. The van der Waals surface area contributed by atoms with Crippen molar-refractivity contribution in [1.82, 2.24) is 10.6 Å². The molecule has 9 nitrogen and oxygen atoms in total. The minimum absolute atomic E-state index is 0.262. The lowest BCUT2D eigenvalue weighted by atomic mass is 10.2. The maximum Gasteiger partial charge on any atom is 0.305 e. The zero-order valence-corrected chi connectivity index (χ0v) is 12.3. The molecule has 7 N–H and O–H groups in total. The van der Waals surface area contributed by atoms with Gasteiger partial charge in [0.2, 0.25) is 5.91 Å². The standard InChI is InChI=1S/C14H18N5O4/c1-8(5-12(21)22)18-11(20)7-17-13(23)9-3-2-4-10(6-9)19-14(15)16/h2-4,6,8H,1,5,7H2,(H,17,23)(H,18,20)(H,21,22)(H4,15,16,19)/t8-/m0/s1. The number of rotatable bonds is 7. The van der Waals surface area contributed by atoms with Crippen molar-refractivity contribution in [2.24, 2.45) is 5.73 Å². The maximum atomic E-state index is 11.9. The van der Waals surface area contributed by atoms with E-state index in [1.54, 1.807) is 12.1 Å². The van der Waals surface area contributed by atoms with Crippen molar-refractivity contribution in [3.05, 3.63) is 36.8 Å². The number of hydrogen-bond donors (Lipinski definition) is 6. The van der Waals surface area contributed by atoms with Crippen molar-refractivity contribution >= 4 is 29.4 Å². The molecule has 9 heteroatoms. The Labute approximate surface area is 132 Å². The van der Waals surface area contributed by atoms with Gasteiger partial charge in [0.05, 0.1) is 13.0 Å². The van der Waals surface area contributed by atoms with Gasteiger partial charge in [-0.1, -0.05) is 6.07 Å². The molecule has 0 spiro atoms. The van der Waals surface area contributed by atoms with Gasteiger partial charge < -0.3 is 26.8 Å². The van der Waals surface area contributed by atoms with E-state index in [1.807, 2.05) is 0 Å². The number of carbonyl (C=O) groups excluding carboxylic acids is 2. The van der Waals surface area contributed by atoms with Crippen LogP contribution >= 0.6 is 0 Å². The van der Waals surface area contributed by atoms with Gasteiger partial charge in [-0.2, -0.15) is 0 Å². The molecule has 1 radical (unpaired) electrons. The number of hydrogen-bond acceptors (Lipinski definition) is 4. The van der Waals surface area contributed by atoms with Crippen molar-refractivity contribution in [2.75, 3.05) is 11.9 Å². The zero-order chi connectivity index (χ0) is 17.4. The summed E-state index contributed by atoms with van der Waals surface area (Å²) in [7, 11) is 0. The Morgan fingerprint density at radius 2 is 2.04 bits per heavy atom. The predicted octanol–water partition coefficient (Wildman–Crippen LogP) is -0.485. The Kier molecular flexibility index (Phi) is 6.53. The number of aliphatic carboxylic acids is 1. The smallest absolute Gasteiger partial charge is 0.305 e. The van der Waals surface area contributed by atoms with Gasteiger partial charge in [-0.25, -0.2) is 0 Å². The van der Waals surface area contributed by atoms with Crippen LogP contribution in [0.15, 0.2) is 24.3 Å². The lowest BCUT2D eigenvalue weighted by Crippen LogP contribution is -2.41. The molecule has 0 aliphatic rings. The van der Waals surface area contributed by atoms with Crippen LogP contribution in [0, 0.1) is 12.3 Å². The largest absolute Gasteiger partial charge is 0.481 e. The van der Waals surface area contributed by atoms with Crippen LogP contribution in [-0.4, -0.2) is 41.4 Å². The molecule has 0 saturated carbocycles.